The lowest BCUT2D eigenvalue weighted by atomic mass is 10.2. The number of fused-ring (bicyclic) bond motifs is 2. The van der Waals surface area contributed by atoms with Gasteiger partial charge in [-0.25, -0.2) is 4.98 Å². The molecule has 0 fully saturated rings. The minimum Gasteiger partial charge on any atom is -0.467 e. The van der Waals surface area contributed by atoms with Crippen LogP contribution in [0, 0.1) is 0 Å². The monoisotopic (exact) mass is 438 g/mol. The van der Waals surface area contributed by atoms with E-state index in [1.807, 2.05) is 47.0 Å². The van der Waals surface area contributed by atoms with E-state index in [-0.39, 0.29) is 5.91 Å². The predicted octanol–water partition coefficient (Wildman–Crippen LogP) is 4.43. The number of thiazole rings is 1. The number of hydrogen-bond acceptors (Lipinski definition) is 6. The summed E-state index contributed by atoms with van der Waals surface area (Å²) in [6.07, 6.45) is 4.92. The third kappa shape index (κ3) is 3.89. The van der Waals surface area contributed by atoms with Gasteiger partial charge in [0.05, 0.1) is 41.0 Å². The maximum absolute atomic E-state index is 13.2. The van der Waals surface area contributed by atoms with Crippen LogP contribution in [0.2, 0.25) is 0 Å². The van der Waals surface area contributed by atoms with Gasteiger partial charge in [0.2, 0.25) is 5.91 Å². The van der Waals surface area contributed by atoms with Gasteiger partial charge in [-0.1, -0.05) is 23.9 Å². The molecule has 5 rings (SSSR count). The first-order valence-corrected chi connectivity index (χ1v) is 11.8. The third-order valence-electron chi connectivity index (χ3n) is 5.41. The van der Waals surface area contributed by atoms with Gasteiger partial charge in [0.15, 0.2) is 4.34 Å². The van der Waals surface area contributed by atoms with E-state index < -0.39 is 0 Å². The van der Waals surface area contributed by atoms with Crippen LogP contribution in [0.1, 0.15) is 29.1 Å². The molecular weight excluding hydrogens is 416 g/mol. The molecular formula is C22H22N4O2S2. The lowest BCUT2D eigenvalue weighted by molar-refractivity contribution is -0.129. The molecule has 0 unspecified atom stereocenters. The molecule has 1 amide bonds. The molecule has 1 aliphatic rings. The Hall–Kier alpha value is -2.58. The SMILES string of the molecule is Cn1nc(CN(Cc2ccco2)C(=O)CSc2nc3ccccc3s2)c2c1CCC2. The van der Waals surface area contributed by atoms with Crippen molar-refractivity contribution < 1.29 is 9.21 Å². The van der Waals surface area contributed by atoms with Gasteiger partial charge < -0.3 is 9.32 Å². The van der Waals surface area contributed by atoms with Crippen LogP contribution in [0.3, 0.4) is 0 Å². The summed E-state index contributed by atoms with van der Waals surface area (Å²) < 4.78 is 9.55. The van der Waals surface area contributed by atoms with Gasteiger partial charge in [-0.05, 0) is 49.1 Å². The molecule has 1 aromatic carbocycles. The van der Waals surface area contributed by atoms with Crippen molar-refractivity contribution in [3.63, 3.8) is 0 Å². The summed E-state index contributed by atoms with van der Waals surface area (Å²) in [5.41, 5.74) is 4.61. The molecule has 0 spiro atoms. The summed E-state index contributed by atoms with van der Waals surface area (Å²) in [4.78, 5) is 19.7. The molecule has 3 heterocycles. The van der Waals surface area contributed by atoms with Crippen molar-refractivity contribution in [1.29, 1.82) is 0 Å². The molecule has 8 heteroatoms. The highest BCUT2D eigenvalue weighted by Gasteiger charge is 2.25. The van der Waals surface area contributed by atoms with Crippen molar-refractivity contribution in [3.8, 4) is 0 Å². The number of hydrogen-bond donors (Lipinski definition) is 0. The van der Waals surface area contributed by atoms with E-state index in [1.54, 1.807) is 17.6 Å². The summed E-state index contributed by atoms with van der Waals surface area (Å²) in [6, 6.07) is 11.8. The number of benzene rings is 1. The molecule has 0 bridgehead atoms. The molecule has 0 saturated carbocycles. The first-order valence-electron chi connectivity index (χ1n) is 9.99. The fraction of sp³-hybridized carbons (Fsp3) is 0.318. The summed E-state index contributed by atoms with van der Waals surface area (Å²) in [5, 5.41) is 4.71. The van der Waals surface area contributed by atoms with Gasteiger partial charge in [-0.15, -0.1) is 11.3 Å². The van der Waals surface area contributed by atoms with E-state index in [9.17, 15) is 4.79 Å². The van der Waals surface area contributed by atoms with Gasteiger partial charge in [-0.3, -0.25) is 9.48 Å². The molecule has 0 saturated heterocycles. The Morgan fingerprint density at radius 3 is 2.97 bits per heavy atom. The Balaban J connectivity index is 1.33. The number of aryl methyl sites for hydroxylation is 1. The van der Waals surface area contributed by atoms with E-state index in [4.69, 9.17) is 9.52 Å². The fourth-order valence-electron chi connectivity index (χ4n) is 3.96. The number of amides is 1. The van der Waals surface area contributed by atoms with Crippen molar-refractivity contribution in [2.24, 2.45) is 7.05 Å². The summed E-state index contributed by atoms with van der Waals surface area (Å²) >= 11 is 3.12. The van der Waals surface area contributed by atoms with Crippen LogP contribution in [-0.2, 0) is 37.8 Å². The summed E-state index contributed by atoms with van der Waals surface area (Å²) in [7, 11) is 2.00. The number of carbonyl (C=O) groups is 1. The number of rotatable bonds is 7. The Kier molecular flexibility index (Phi) is 5.35. The highest BCUT2D eigenvalue weighted by atomic mass is 32.2. The van der Waals surface area contributed by atoms with Crippen LogP contribution in [0.4, 0.5) is 0 Å². The van der Waals surface area contributed by atoms with Crippen LogP contribution in [0.5, 0.6) is 0 Å². The van der Waals surface area contributed by atoms with Crippen LogP contribution in [0.25, 0.3) is 10.2 Å². The van der Waals surface area contributed by atoms with Gasteiger partial charge in [0.25, 0.3) is 0 Å². The zero-order chi connectivity index (χ0) is 20.5. The van der Waals surface area contributed by atoms with Crippen LogP contribution in [0.15, 0.2) is 51.4 Å². The van der Waals surface area contributed by atoms with Crippen LogP contribution >= 0.6 is 23.1 Å². The molecule has 0 aliphatic heterocycles. The predicted molar refractivity (Wildman–Crippen MR) is 119 cm³/mol. The molecule has 1 aliphatic carbocycles. The first-order chi connectivity index (χ1) is 14.7. The minimum atomic E-state index is 0.0630. The highest BCUT2D eigenvalue weighted by molar-refractivity contribution is 8.01. The van der Waals surface area contributed by atoms with Crippen molar-refractivity contribution in [2.75, 3.05) is 5.75 Å². The maximum Gasteiger partial charge on any atom is 0.233 e. The van der Waals surface area contributed by atoms with Gasteiger partial charge in [-0.2, -0.15) is 5.10 Å². The van der Waals surface area contributed by atoms with Crippen molar-refractivity contribution in [2.45, 2.75) is 36.7 Å². The quantitative estimate of drug-likeness (QED) is 0.399. The largest absolute Gasteiger partial charge is 0.467 e. The van der Waals surface area contributed by atoms with Gasteiger partial charge >= 0.3 is 0 Å². The van der Waals surface area contributed by atoms with E-state index >= 15 is 0 Å². The summed E-state index contributed by atoms with van der Waals surface area (Å²) in [6.45, 7) is 0.945. The molecule has 0 atom stereocenters. The first kappa shape index (κ1) is 19.4. The number of carbonyl (C=O) groups excluding carboxylic acids is 1. The lowest BCUT2D eigenvalue weighted by Gasteiger charge is -2.21. The maximum atomic E-state index is 13.2. The standard InChI is InChI=1S/C22H22N4O2S2/c1-25-19-9-4-7-16(19)18(24-25)13-26(12-15-6-5-11-28-15)21(27)14-29-22-23-17-8-2-3-10-20(17)30-22/h2-3,5-6,8,10-11H,4,7,9,12-14H2,1H3. The number of para-hydroxylation sites is 1. The van der Waals surface area contributed by atoms with E-state index in [0.717, 1.165) is 45.3 Å². The van der Waals surface area contributed by atoms with Crippen LogP contribution in [-0.4, -0.2) is 31.3 Å². The summed E-state index contributed by atoms with van der Waals surface area (Å²) in [5.74, 6) is 1.18. The Bertz CT molecular complexity index is 1150. The van der Waals surface area contributed by atoms with Crippen molar-refractivity contribution in [1.82, 2.24) is 19.7 Å². The lowest BCUT2D eigenvalue weighted by Crippen LogP contribution is -2.32. The number of furan rings is 1. The van der Waals surface area contributed by atoms with E-state index in [0.29, 0.717) is 18.8 Å². The molecule has 0 N–H and O–H groups in total. The highest BCUT2D eigenvalue weighted by Crippen LogP contribution is 2.30. The number of nitrogens with zero attached hydrogens (tertiary/aromatic N) is 4. The smallest absolute Gasteiger partial charge is 0.233 e. The second kappa shape index (κ2) is 8.28. The van der Waals surface area contributed by atoms with Crippen LogP contribution < -0.4 is 0 Å². The van der Waals surface area contributed by atoms with E-state index in [2.05, 4.69) is 11.1 Å². The third-order valence-corrected chi connectivity index (χ3v) is 7.58. The number of thioether (sulfide) groups is 1. The van der Waals surface area contributed by atoms with Crippen molar-refractivity contribution in [3.05, 3.63) is 65.4 Å². The Labute approximate surface area is 182 Å². The molecule has 6 nitrogen and oxygen atoms in total. The molecule has 4 aromatic rings. The topological polar surface area (TPSA) is 64.2 Å². The zero-order valence-electron chi connectivity index (χ0n) is 16.7. The average Bonchev–Trinajstić information content (AvgIpc) is 3.52. The molecule has 154 valence electrons. The number of aromatic nitrogens is 3. The second-order valence-electron chi connectivity index (χ2n) is 7.41. The normalized spacial score (nSPS) is 13.1. The van der Waals surface area contributed by atoms with Gasteiger partial charge in [0.1, 0.15) is 5.76 Å². The fourth-order valence-corrected chi connectivity index (χ4v) is 5.93. The molecule has 0 radical (unpaired) electrons. The van der Waals surface area contributed by atoms with E-state index in [1.165, 1.54) is 23.0 Å². The molecule has 3 aromatic heterocycles. The second-order valence-corrected chi connectivity index (χ2v) is 9.67. The minimum absolute atomic E-state index is 0.0630. The van der Waals surface area contributed by atoms with Gasteiger partial charge in [0, 0.05) is 12.7 Å². The Morgan fingerprint density at radius 2 is 2.13 bits per heavy atom. The van der Waals surface area contributed by atoms with Crippen molar-refractivity contribution >= 4 is 39.2 Å². The zero-order valence-corrected chi connectivity index (χ0v) is 18.3. The molecule has 30 heavy (non-hydrogen) atoms. The Morgan fingerprint density at radius 1 is 1.23 bits per heavy atom. The average molecular weight is 439 g/mol.